The molecular formula is C35H38N4O3S. The summed E-state index contributed by atoms with van der Waals surface area (Å²) in [5, 5.41) is 5.36. The van der Waals surface area contributed by atoms with Crippen LogP contribution in [0.2, 0.25) is 0 Å². The number of methoxy groups -OCH3 is 1. The van der Waals surface area contributed by atoms with Crippen molar-refractivity contribution in [3.8, 4) is 28.4 Å². The number of nitrogens with two attached hydrogens (primary N) is 1. The van der Waals surface area contributed by atoms with Crippen LogP contribution >= 0.6 is 0 Å². The molecule has 7 nitrogen and oxygen atoms in total. The molecule has 8 heteroatoms. The number of ether oxygens (including phenoxy) is 1. The van der Waals surface area contributed by atoms with E-state index < -0.39 is 10.0 Å². The SMILES string of the molecule is CCCCn1c(-c2ccccc2OC)nc(-c2ccccc2)c1CN(Cc1ccccc1)Cc1ccc(S(N)(=O)=O)cc1. The average molecular weight is 595 g/mol. The number of sulfonamides is 1. The van der Waals surface area contributed by atoms with E-state index >= 15 is 0 Å². The molecule has 2 N–H and O–H groups in total. The maximum atomic E-state index is 11.9. The standard InChI is InChI=1S/C35H38N4O3S/c1-3-4-23-39-32(34(29-15-9-6-10-16-29)37-35(39)31-17-11-12-18-33(31)42-2)26-38(24-27-13-7-5-8-14-27)25-28-19-21-30(22-20-28)43(36,40)41/h5-22H,3-4,23-26H2,1-2H3,(H2,36,40,41). The number of benzene rings is 4. The molecular weight excluding hydrogens is 556 g/mol. The fourth-order valence-corrected chi connectivity index (χ4v) is 5.85. The lowest BCUT2D eigenvalue weighted by Gasteiger charge is -2.25. The van der Waals surface area contributed by atoms with Crippen molar-refractivity contribution in [2.24, 2.45) is 5.14 Å². The average Bonchev–Trinajstić information content (AvgIpc) is 3.38. The molecule has 0 spiro atoms. The Hall–Kier alpha value is -4.24. The van der Waals surface area contributed by atoms with Gasteiger partial charge in [0.25, 0.3) is 0 Å². The monoisotopic (exact) mass is 594 g/mol. The van der Waals surface area contributed by atoms with Crippen molar-refractivity contribution in [1.29, 1.82) is 0 Å². The Bertz CT molecular complexity index is 1740. The van der Waals surface area contributed by atoms with Gasteiger partial charge in [-0.05, 0) is 41.8 Å². The maximum absolute atomic E-state index is 11.9. The molecule has 0 amide bonds. The third-order valence-electron chi connectivity index (χ3n) is 7.48. The number of imidazole rings is 1. The number of hydrogen-bond donors (Lipinski definition) is 1. The highest BCUT2D eigenvalue weighted by atomic mass is 32.2. The highest BCUT2D eigenvalue weighted by molar-refractivity contribution is 7.89. The molecule has 0 aliphatic carbocycles. The molecule has 0 fully saturated rings. The first-order chi connectivity index (χ1) is 20.9. The Morgan fingerprint density at radius 3 is 2.02 bits per heavy atom. The molecule has 0 unspecified atom stereocenters. The number of unbranched alkanes of at least 4 members (excludes halogenated alkanes) is 1. The van der Waals surface area contributed by atoms with Gasteiger partial charge in [0.2, 0.25) is 10.0 Å². The number of rotatable bonds is 13. The number of aromatic nitrogens is 2. The molecule has 0 aliphatic rings. The first-order valence-electron chi connectivity index (χ1n) is 14.5. The summed E-state index contributed by atoms with van der Waals surface area (Å²) in [5.74, 6) is 1.67. The summed E-state index contributed by atoms with van der Waals surface area (Å²) >= 11 is 0. The van der Waals surface area contributed by atoms with Crippen LogP contribution in [0.25, 0.3) is 22.6 Å². The van der Waals surface area contributed by atoms with Crippen LogP contribution in [0.5, 0.6) is 5.75 Å². The lowest BCUT2D eigenvalue weighted by Crippen LogP contribution is -2.24. The highest BCUT2D eigenvalue weighted by Gasteiger charge is 2.23. The van der Waals surface area contributed by atoms with Crippen molar-refractivity contribution in [1.82, 2.24) is 14.5 Å². The van der Waals surface area contributed by atoms with E-state index in [0.29, 0.717) is 19.6 Å². The van der Waals surface area contributed by atoms with Gasteiger partial charge in [0.15, 0.2) is 0 Å². The molecule has 0 bridgehead atoms. The Balaban J connectivity index is 1.62. The third kappa shape index (κ3) is 7.40. The summed E-state index contributed by atoms with van der Waals surface area (Å²) in [6, 6.07) is 35.6. The number of hydrogen-bond acceptors (Lipinski definition) is 5. The minimum atomic E-state index is -3.76. The van der Waals surface area contributed by atoms with Gasteiger partial charge in [-0.15, -0.1) is 0 Å². The van der Waals surface area contributed by atoms with Crippen LogP contribution in [0.15, 0.2) is 114 Å². The molecule has 0 atom stereocenters. The van der Waals surface area contributed by atoms with E-state index in [1.165, 1.54) is 5.56 Å². The van der Waals surface area contributed by atoms with Crippen molar-refractivity contribution in [3.63, 3.8) is 0 Å². The maximum Gasteiger partial charge on any atom is 0.238 e. The second kappa shape index (κ2) is 13.8. The van der Waals surface area contributed by atoms with Crippen molar-refractivity contribution in [2.75, 3.05) is 7.11 Å². The number of nitrogens with zero attached hydrogens (tertiary/aromatic N) is 3. The van der Waals surface area contributed by atoms with Crippen molar-refractivity contribution < 1.29 is 13.2 Å². The van der Waals surface area contributed by atoms with Crippen LogP contribution in [-0.4, -0.2) is 30.0 Å². The van der Waals surface area contributed by atoms with Gasteiger partial charge >= 0.3 is 0 Å². The summed E-state index contributed by atoms with van der Waals surface area (Å²) < 4.78 is 31.8. The van der Waals surface area contributed by atoms with Crippen LogP contribution in [0.1, 0.15) is 36.6 Å². The van der Waals surface area contributed by atoms with Crippen molar-refractivity contribution >= 4 is 10.0 Å². The van der Waals surface area contributed by atoms with Crippen LogP contribution in [0, 0.1) is 0 Å². The van der Waals surface area contributed by atoms with Crippen LogP contribution < -0.4 is 9.88 Å². The van der Waals surface area contributed by atoms with E-state index in [2.05, 4.69) is 58.9 Å². The second-order valence-electron chi connectivity index (χ2n) is 10.6. The predicted molar refractivity (Wildman–Crippen MR) is 172 cm³/mol. The topological polar surface area (TPSA) is 90.4 Å². The van der Waals surface area contributed by atoms with Crippen molar-refractivity contribution in [2.45, 2.75) is 50.8 Å². The molecule has 0 radical (unpaired) electrons. The van der Waals surface area contributed by atoms with Crippen molar-refractivity contribution in [3.05, 3.63) is 126 Å². The zero-order valence-corrected chi connectivity index (χ0v) is 25.5. The lowest BCUT2D eigenvalue weighted by atomic mass is 10.1. The van der Waals surface area contributed by atoms with E-state index in [1.807, 2.05) is 54.6 Å². The molecule has 43 heavy (non-hydrogen) atoms. The molecule has 0 aliphatic heterocycles. The smallest absolute Gasteiger partial charge is 0.238 e. The minimum absolute atomic E-state index is 0.108. The first-order valence-corrected chi connectivity index (χ1v) is 16.1. The molecule has 5 aromatic rings. The molecule has 0 saturated heterocycles. The molecule has 222 valence electrons. The van der Waals surface area contributed by atoms with E-state index in [0.717, 1.165) is 59.0 Å². The molecule has 1 heterocycles. The van der Waals surface area contributed by atoms with Gasteiger partial charge in [-0.3, -0.25) is 4.90 Å². The van der Waals surface area contributed by atoms with Gasteiger partial charge in [0.05, 0.1) is 29.0 Å². The van der Waals surface area contributed by atoms with Crippen LogP contribution in [0.3, 0.4) is 0 Å². The lowest BCUT2D eigenvalue weighted by molar-refractivity contribution is 0.241. The zero-order valence-electron chi connectivity index (χ0n) is 24.7. The molecule has 4 aromatic carbocycles. The van der Waals surface area contributed by atoms with Crippen LogP contribution in [-0.2, 0) is 36.2 Å². The van der Waals surface area contributed by atoms with Gasteiger partial charge in [-0.25, -0.2) is 18.5 Å². The van der Waals surface area contributed by atoms with E-state index in [9.17, 15) is 8.42 Å². The first kappa shape index (κ1) is 30.2. The number of primary sulfonamides is 1. The Kier molecular flexibility index (Phi) is 9.72. The predicted octanol–water partition coefficient (Wildman–Crippen LogP) is 6.88. The van der Waals surface area contributed by atoms with E-state index in [1.54, 1.807) is 19.2 Å². The normalized spacial score (nSPS) is 11.6. The van der Waals surface area contributed by atoms with E-state index in [-0.39, 0.29) is 4.90 Å². The van der Waals surface area contributed by atoms with Gasteiger partial charge in [-0.2, -0.15) is 0 Å². The van der Waals surface area contributed by atoms with E-state index in [4.69, 9.17) is 14.9 Å². The quantitative estimate of drug-likeness (QED) is 0.161. The summed E-state index contributed by atoms with van der Waals surface area (Å²) in [6.07, 6.45) is 2.06. The molecule has 0 saturated carbocycles. The summed E-state index contributed by atoms with van der Waals surface area (Å²) in [5.41, 5.74) is 6.26. The summed E-state index contributed by atoms with van der Waals surface area (Å²) in [6.45, 7) is 4.96. The second-order valence-corrected chi connectivity index (χ2v) is 12.2. The van der Waals surface area contributed by atoms with Gasteiger partial charge in [0, 0.05) is 31.7 Å². The molecule has 5 rings (SSSR count). The Labute approximate surface area is 254 Å². The van der Waals surface area contributed by atoms with Gasteiger partial charge in [0.1, 0.15) is 11.6 Å². The summed E-state index contributed by atoms with van der Waals surface area (Å²) in [4.78, 5) is 7.78. The number of para-hydroxylation sites is 1. The third-order valence-corrected chi connectivity index (χ3v) is 8.41. The largest absolute Gasteiger partial charge is 0.496 e. The van der Waals surface area contributed by atoms with Gasteiger partial charge in [-0.1, -0.05) is 98.3 Å². The Morgan fingerprint density at radius 1 is 0.791 bits per heavy atom. The van der Waals surface area contributed by atoms with Crippen LogP contribution in [0.4, 0.5) is 0 Å². The fourth-order valence-electron chi connectivity index (χ4n) is 5.33. The Morgan fingerprint density at radius 2 is 1.40 bits per heavy atom. The molecule has 1 aromatic heterocycles. The van der Waals surface area contributed by atoms with Gasteiger partial charge < -0.3 is 9.30 Å². The fraction of sp³-hybridized carbons (Fsp3) is 0.229. The highest BCUT2D eigenvalue weighted by Crippen LogP contribution is 2.35. The summed E-state index contributed by atoms with van der Waals surface area (Å²) in [7, 11) is -2.07. The minimum Gasteiger partial charge on any atom is -0.496 e. The zero-order chi connectivity index (χ0) is 30.2.